The Bertz CT molecular complexity index is 2040. The Hall–Kier alpha value is -5.38. The van der Waals surface area contributed by atoms with Gasteiger partial charge in [0.15, 0.2) is 0 Å². The summed E-state index contributed by atoms with van der Waals surface area (Å²) in [5.74, 6) is -1.16. The molecule has 3 aromatic rings. The molecule has 0 aromatic heterocycles. The van der Waals surface area contributed by atoms with Crippen molar-refractivity contribution in [2.24, 2.45) is 5.73 Å². The topological polar surface area (TPSA) is 218 Å². The van der Waals surface area contributed by atoms with Gasteiger partial charge in [0.25, 0.3) is 17.1 Å². The van der Waals surface area contributed by atoms with Crippen molar-refractivity contribution in [3.8, 4) is 0 Å². The zero-order valence-electron chi connectivity index (χ0n) is 35.0. The van der Waals surface area contributed by atoms with Crippen molar-refractivity contribution in [2.75, 3.05) is 56.9 Å². The van der Waals surface area contributed by atoms with Crippen molar-refractivity contribution in [1.29, 1.82) is 0 Å². The molecule has 65 heavy (non-hydrogen) atoms. The second-order valence-corrected chi connectivity index (χ2v) is 15.3. The van der Waals surface area contributed by atoms with E-state index in [-0.39, 0.29) is 36.6 Å². The summed E-state index contributed by atoms with van der Waals surface area (Å²) in [7, 11) is 1.69. The SMILES string of the molecule is CB(O)N1CCC(N)CC1.CN1CCC(Nc2ccc([N+](=O)[O-])c(C(F)(F)F)c2)CC1.O=[N+]([O-])c1ccc(F)cc1C(F)(F)F.O=[N+]([O-])c1ccc(NC2CCNCC2)cc1C(F)(F)F. The number of nitro benzene ring substituents is 3. The smallest absolute Gasteiger partial charge is 0.423 e. The number of rotatable bonds is 8. The van der Waals surface area contributed by atoms with E-state index in [9.17, 15) is 74.2 Å². The molecule has 0 unspecified atom stereocenters. The van der Waals surface area contributed by atoms with Crippen LogP contribution in [0.2, 0.25) is 6.82 Å². The van der Waals surface area contributed by atoms with E-state index in [0.29, 0.717) is 18.2 Å². The maximum absolute atomic E-state index is 12.9. The lowest BCUT2D eigenvalue weighted by molar-refractivity contribution is -0.388. The largest absolute Gasteiger partial charge is 0.437 e. The number of likely N-dealkylation sites (tertiary alicyclic amines) is 1. The molecule has 3 saturated heterocycles. The third kappa shape index (κ3) is 17.5. The molecular weight excluding hydrogens is 895 g/mol. The maximum Gasteiger partial charge on any atom is 0.423 e. The molecular formula is C38H48BF10N9O7. The summed E-state index contributed by atoms with van der Waals surface area (Å²) < 4.78 is 126. The predicted molar refractivity (Wildman–Crippen MR) is 221 cm³/mol. The average molecular weight is 944 g/mol. The van der Waals surface area contributed by atoms with E-state index in [1.807, 2.05) is 11.9 Å². The lowest BCUT2D eigenvalue weighted by Gasteiger charge is -2.30. The molecule has 0 spiro atoms. The van der Waals surface area contributed by atoms with Crippen LogP contribution < -0.4 is 21.7 Å². The van der Waals surface area contributed by atoms with Crippen LogP contribution in [-0.4, -0.2) is 101 Å². The zero-order chi connectivity index (χ0) is 48.9. The monoisotopic (exact) mass is 943 g/mol. The van der Waals surface area contributed by atoms with Gasteiger partial charge in [-0.1, -0.05) is 0 Å². The maximum atomic E-state index is 12.9. The average Bonchev–Trinajstić information content (AvgIpc) is 3.22. The molecule has 6 N–H and O–H groups in total. The van der Waals surface area contributed by atoms with Gasteiger partial charge < -0.3 is 36.4 Å². The minimum atomic E-state index is -4.93. The van der Waals surface area contributed by atoms with Crippen LogP contribution in [-0.2, 0) is 18.5 Å². The lowest BCUT2D eigenvalue weighted by Crippen LogP contribution is -2.46. The molecule has 6 rings (SSSR count). The van der Waals surface area contributed by atoms with E-state index in [2.05, 4.69) is 20.9 Å². The molecule has 0 saturated carbocycles. The number of anilines is 2. The minimum Gasteiger partial charge on any atom is -0.437 e. The summed E-state index contributed by atoms with van der Waals surface area (Å²) in [6, 6.07) is 7.77. The van der Waals surface area contributed by atoms with Crippen molar-refractivity contribution in [1.82, 2.24) is 15.0 Å². The highest BCUT2D eigenvalue weighted by molar-refractivity contribution is 6.45. The van der Waals surface area contributed by atoms with Gasteiger partial charge in [-0.2, -0.15) is 39.5 Å². The first-order valence-corrected chi connectivity index (χ1v) is 20.0. The van der Waals surface area contributed by atoms with Gasteiger partial charge in [-0.25, -0.2) is 4.39 Å². The highest BCUT2D eigenvalue weighted by atomic mass is 19.4. The summed E-state index contributed by atoms with van der Waals surface area (Å²) in [6.07, 6.45) is -9.11. The number of nitrogens with one attached hydrogen (secondary N) is 3. The number of halogens is 10. The van der Waals surface area contributed by atoms with Crippen molar-refractivity contribution in [3.63, 3.8) is 0 Å². The first kappa shape index (κ1) is 54.0. The van der Waals surface area contributed by atoms with Crippen LogP contribution in [0.3, 0.4) is 0 Å². The summed E-state index contributed by atoms with van der Waals surface area (Å²) in [4.78, 5) is 32.5. The molecule has 3 heterocycles. The molecule has 0 bridgehead atoms. The van der Waals surface area contributed by atoms with Gasteiger partial charge in [-0.15, -0.1) is 0 Å². The summed E-state index contributed by atoms with van der Waals surface area (Å²) in [5, 5.41) is 49.8. The molecule has 3 aromatic carbocycles. The van der Waals surface area contributed by atoms with Gasteiger partial charge in [-0.05, 0) is 128 Å². The fourth-order valence-corrected chi connectivity index (χ4v) is 6.80. The van der Waals surface area contributed by atoms with Crippen molar-refractivity contribution in [3.05, 3.63) is 107 Å². The molecule has 0 atom stereocenters. The van der Waals surface area contributed by atoms with Crippen LogP contribution in [0.1, 0.15) is 55.2 Å². The number of benzene rings is 3. The van der Waals surface area contributed by atoms with Crippen LogP contribution in [0.25, 0.3) is 0 Å². The van der Waals surface area contributed by atoms with E-state index in [1.54, 1.807) is 6.82 Å². The van der Waals surface area contributed by atoms with E-state index < -0.39 is 72.9 Å². The third-order valence-corrected chi connectivity index (χ3v) is 10.4. The molecule has 0 aliphatic carbocycles. The zero-order valence-corrected chi connectivity index (χ0v) is 35.0. The van der Waals surface area contributed by atoms with Crippen molar-refractivity contribution in [2.45, 2.75) is 82.0 Å². The van der Waals surface area contributed by atoms with Crippen LogP contribution in [0.5, 0.6) is 0 Å². The van der Waals surface area contributed by atoms with Gasteiger partial charge in [-0.3, -0.25) is 30.3 Å². The van der Waals surface area contributed by atoms with E-state index in [0.717, 1.165) is 102 Å². The van der Waals surface area contributed by atoms with Crippen LogP contribution in [0.4, 0.5) is 72.3 Å². The molecule has 0 radical (unpaired) electrons. The number of nitro groups is 3. The number of nitrogens with two attached hydrogens (primary N) is 1. The van der Waals surface area contributed by atoms with Crippen molar-refractivity contribution < 1.29 is 63.7 Å². The van der Waals surface area contributed by atoms with Gasteiger partial charge >= 0.3 is 25.6 Å². The first-order valence-electron chi connectivity index (χ1n) is 20.0. The summed E-state index contributed by atoms with van der Waals surface area (Å²) in [6.45, 7) is 7.04. The van der Waals surface area contributed by atoms with E-state index in [4.69, 9.17) is 10.8 Å². The fourth-order valence-electron chi connectivity index (χ4n) is 6.80. The Labute approximate surface area is 366 Å². The van der Waals surface area contributed by atoms with Crippen LogP contribution >= 0.6 is 0 Å². The highest BCUT2D eigenvalue weighted by Crippen LogP contribution is 2.40. The Morgan fingerprint density at radius 3 is 1.38 bits per heavy atom. The molecule has 16 nitrogen and oxygen atoms in total. The Balaban J connectivity index is 0.000000238. The van der Waals surface area contributed by atoms with Crippen LogP contribution in [0, 0.1) is 36.2 Å². The predicted octanol–water partition coefficient (Wildman–Crippen LogP) is 8.17. The van der Waals surface area contributed by atoms with Gasteiger partial charge in [0.2, 0.25) is 0 Å². The Morgan fingerprint density at radius 1 is 0.646 bits per heavy atom. The standard InChI is InChI=1S/C13H16F3N3O2.C12H14F3N3O2.C7H3F4NO2.C6H15BN2O/c1-18-6-4-9(5-7-18)17-10-2-3-12(19(20)21)11(8-10)13(14,15)16;13-12(14,15)10-7-9(1-2-11(10)18(19)20)17-8-3-5-16-6-4-8;8-4-1-2-6(12(13)14)5(3-4)7(9,10)11;1-7(10)9-4-2-6(8)3-5-9/h2-3,8-9,17H,4-7H2,1H3;1-2,7-8,16-17H,3-6H2;1-3H;6,10H,2-5,8H2,1H3. The molecule has 3 fully saturated rings. The van der Waals surface area contributed by atoms with Crippen molar-refractivity contribution >= 4 is 35.5 Å². The summed E-state index contributed by atoms with van der Waals surface area (Å²) in [5.41, 5.74) is -0.802. The first-order chi connectivity index (χ1) is 30.2. The van der Waals surface area contributed by atoms with Gasteiger partial charge in [0, 0.05) is 47.7 Å². The molecule has 0 amide bonds. The molecule has 360 valence electrons. The number of nitrogens with zero attached hydrogens (tertiary/aromatic N) is 5. The van der Waals surface area contributed by atoms with Gasteiger partial charge in [0.1, 0.15) is 22.5 Å². The lowest BCUT2D eigenvalue weighted by atomic mass is 9.82. The van der Waals surface area contributed by atoms with Gasteiger partial charge in [0.05, 0.1) is 14.8 Å². The number of hydrogen-bond acceptors (Lipinski definition) is 13. The van der Waals surface area contributed by atoms with E-state index in [1.165, 1.54) is 12.1 Å². The molecule has 3 aliphatic heterocycles. The fraction of sp³-hybridized carbons (Fsp3) is 0.526. The number of hydrogen-bond donors (Lipinski definition) is 5. The highest BCUT2D eigenvalue weighted by Gasteiger charge is 2.40. The third-order valence-electron chi connectivity index (χ3n) is 10.4. The van der Waals surface area contributed by atoms with Crippen LogP contribution in [0.15, 0.2) is 54.6 Å². The Kier molecular flexibility index (Phi) is 19.7. The second kappa shape index (κ2) is 23.7. The second-order valence-electron chi connectivity index (χ2n) is 15.3. The number of alkyl halides is 9. The Morgan fingerprint density at radius 2 is 1.02 bits per heavy atom. The normalized spacial score (nSPS) is 17.0. The minimum absolute atomic E-state index is 0.0822. The van der Waals surface area contributed by atoms with E-state index >= 15 is 0 Å². The molecule has 27 heteroatoms. The summed E-state index contributed by atoms with van der Waals surface area (Å²) >= 11 is 0. The quantitative estimate of drug-likeness (QED) is 0.0624. The number of piperidine rings is 3. The molecule has 3 aliphatic rings.